The summed E-state index contributed by atoms with van der Waals surface area (Å²) in [6, 6.07) is 30.4. The van der Waals surface area contributed by atoms with E-state index < -0.39 is 0 Å². The Morgan fingerprint density at radius 3 is 2.54 bits per heavy atom. The summed E-state index contributed by atoms with van der Waals surface area (Å²) in [6.07, 6.45) is 3.67. The molecule has 4 nitrogen and oxygen atoms in total. The van der Waals surface area contributed by atoms with Crippen molar-refractivity contribution < 1.29 is 4.42 Å². The van der Waals surface area contributed by atoms with Crippen LogP contribution in [-0.4, -0.2) is 4.57 Å². The van der Waals surface area contributed by atoms with E-state index in [-0.39, 0.29) is 11.6 Å². The number of rotatable bonds is 3. The van der Waals surface area contributed by atoms with E-state index >= 15 is 0 Å². The molecule has 0 fully saturated rings. The molecule has 0 N–H and O–H groups in total. The molecule has 6 heteroatoms. The third-order valence-corrected chi connectivity index (χ3v) is 8.53. The minimum absolute atomic E-state index is 0.0374. The van der Waals surface area contributed by atoms with E-state index in [4.69, 9.17) is 9.41 Å². The van der Waals surface area contributed by atoms with Crippen molar-refractivity contribution in [2.75, 3.05) is 0 Å². The van der Waals surface area contributed by atoms with E-state index in [1.54, 1.807) is 0 Å². The van der Waals surface area contributed by atoms with Crippen molar-refractivity contribution in [3.05, 3.63) is 143 Å². The lowest BCUT2D eigenvalue weighted by molar-refractivity contribution is 0.570. The van der Waals surface area contributed by atoms with Crippen molar-refractivity contribution in [1.82, 2.24) is 4.57 Å². The second kappa shape index (κ2) is 8.98. The van der Waals surface area contributed by atoms with Crippen molar-refractivity contribution >= 4 is 39.0 Å². The summed E-state index contributed by atoms with van der Waals surface area (Å²) in [4.78, 5) is 19.6. The molecule has 2 aromatic heterocycles. The smallest absolute Gasteiger partial charge is 0.271 e. The standard InChI is InChI=1S/C31H21BrN2O2S/c32-22-13-10-20(11-14-22)26-17-15-23(36-26)18-27-30(35)34-29(21-7-2-1-3-8-21)25-16-12-19-6-4-5-9-24(19)28(25)33-31(34)37-27/h1-11,13-15,17-18,29H,12,16H2/b27-18-/t29-/m1/s1. The lowest BCUT2D eigenvalue weighted by Crippen LogP contribution is -2.38. The molecule has 2 aliphatic rings. The highest BCUT2D eigenvalue weighted by atomic mass is 79.9. The molecule has 0 spiro atoms. The van der Waals surface area contributed by atoms with Crippen molar-refractivity contribution in [2.45, 2.75) is 18.9 Å². The van der Waals surface area contributed by atoms with Gasteiger partial charge in [0.05, 0.1) is 16.3 Å². The Bertz CT molecular complexity index is 1860. The Kier molecular flexibility index (Phi) is 5.45. The molecule has 0 saturated carbocycles. The summed E-state index contributed by atoms with van der Waals surface area (Å²) in [6.45, 7) is 0. The fourth-order valence-corrected chi connectivity index (χ4v) is 6.53. The quantitative estimate of drug-likeness (QED) is 0.256. The summed E-state index contributed by atoms with van der Waals surface area (Å²) in [5.41, 5.74) is 6.76. The number of aryl methyl sites for hydroxylation is 1. The van der Waals surface area contributed by atoms with Gasteiger partial charge in [-0.25, -0.2) is 4.99 Å². The van der Waals surface area contributed by atoms with E-state index in [2.05, 4.69) is 52.3 Å². The lowest BCUT2D eigenvalue weighted by atomic mass is 9.83. The lowest BCUT2D eigenvalue weighted by Gasteiger charge is -2.30. The van der Waals surface area contributed by atoms with Crippen molar-refractivity contribution in [1.29, 1.82) is 0 Å². The van der Waals surface area contributed by atoms with E-state index in [0.717, 1.165) is 44.7 Å². The van der Waals surface area contributed by atoms with Crippen LogP contribution in [0.3, 0.4) is 0 Å². The first kappa shape index (κ1) is 22.5. The number of aromatic nitrogens is 1. The van der Waals surface area contributed by atoms with Crippen LogP contribution in [0, 0.1) is 0 Å². The van der Waals surface area contributed by atoms with Crippen LogP contribution in [0.1, 0.15) is 34.9 Å². The van der Waals surface area contributed by atoms with Crippen LogP contribution in [0.4, 0.5) is 0 Å². The second-order valence-electron chi connectivity index (χ2n) is 9.23. The molecule has 0 bridgehead atoms. The van der Waals surface area contributed by atoms with Gasteiger partial charge in [0.2, 0.25) is 0 Å². The molecule has 180 valence electrons. The first-order chi connectivity index (χ1) is 18.2. The summed E-state index contributed by atoms with van der Waals surface area (Å²) in [5, 5.41) is 0. The Labute approximate surface area is 225 Å². The van der Waals surface area contributed by atoms with Gasteiger partial charge in [0.15, 0.2) is 4.80 Å². The maximum absolute atomic E-state index is 13.8. The van der Waals surface area contributed by atoms with Gasteiger partial charge in [-0.2, -0.15) is 0 Å². The Balaban J connectivity index is 1.39. The molecule has 0 unspecified atom stereocenters. The predicted molar refractivity (Wildman–Crippen MR) is 151 cm³/mol. The van der Waals surface area contributed by atoms with Gasteiger partial charge in [0, 0.05) is 21.7 Å². The molecule has 37 heavy (non-hydrogen) atoms. The minimum atomic E-state index is -0.169. The van der Waals surface area contributed by atoms with Crippen LogP contribution in [0.5, 0.6) is 0 Å². The number of halogens is 1. The molecule has 1 aliphatic carbocycles. The van der Waals surface area contributed by atoms with Crippen LogP contribution < -0.4 is 14.9 Å². The zero-order chi connectivity index (χ0) is 24.9. The van der Waals surface area contributed by atoms with Gasteiger partial charge in [-0.3, -0.25) is 9.36 Å². The Morgan fingerprint density at radius 2 is 1.70 bits per heavy atom. The maximum atomic E-state index is 13.8. The second-order valence-corrected chi connectivity index (χ2v) is 11.2. The van der Waals surface area contributed by atoms with E-state index in [9.17, 15) is 4.79 Å². The van der Waals surface area contributed by atoms with E-state index in [1.807, 2.05) is 65.2 Å². The average molecular weight is 565 g/mol. The van der Waals surface area contributed by atoms with Crippen LogP contribution in [0.25, 0.3) is 23.1 Å². The van der Waals surface area contributed by atoms with Gasteiger partial charge < -0.3 is 4.42 Å². The predicted octanol–water partition coefficient (Wildman–Crippen LogP) is 6.34. The molecule has 1 atom stereocenters. The molecular formula is C31H21BrN2O2S. The van der Waals surface area contributed by atoms with Crippen LogP contribution >= 0.6 is 27.3 Å². The fraction of sp³-hybridized carbons (Fsp3) is 0.0968. The molecule has 0 saturated heterocycles. The topological polar surface area (TPSA) is 47.5 Å². The maximum Gasteiger partial charge on any atom is 0.271 e. The normalized spacial score (nSPS) is 16.7. The summed E-state index contributed by atoms with van der Waals surface area (Å²) >= 11 is 4.89. The van der Waals surface area contributed by atoms with Gasteiger partial charge in [-0.1, -0.05) is 94.0 Å². The number of hydrogen-bond acceptors (Lipinski definition) is 4. The summed E-state index contributed by atoms with van der Waals surface area (Å²) < 4.78 is 9.60. The van der Waals surface area contributed by atoms with E-state index in [1.165, 1.54) is 28.0 Å². The number of allylic oxidation sites excluding steroid dienone is 1. The SMILES string of the molecule is O=c1/c(=C/c2ccc(-c3ccc(Br)cc3)o2)sc2n1[C@H](c1ccccc1)C1=C(N=2)c2ccccc2CC1. The van der Waals surface area contributed by atoms with Crippen molar-refractivity contribution in [3.8, 4) is 11.3 Å². The van der Waals surface area contributed by atoms with Crippen LogP contribution in [0.2, 0.25) is 0 Å². The Morgan fingerprint density at radius 1 is 0.919 bits per heavy atom. The molecular weight excluding hydrogens is 544 g/mol. The highest BCUT2D eigenvalue weighted by Crippen LogP contribution is 2.41. The highest BCUT2D eigenvalue weighted by molar-refractivity contribution is 9.10. The first-order valence-electron chi connectivity index (χ1n) is 12.2. The molecule has 3 heterocycles. The van der Waals surface area contributed by atoms with Gasteiger partial charge in [-0.15, -0.1) is 0 Å². The molecule has 0 amide bonds. The molecule has 0 radical (unpaired) electrons. The number of furan rings is 1. The first-order valence-corrected chi connectivity index (χ1v) is 13.8. The monoisotopic (exact) mass is 564 g/mol. The number of benzene rings is 3. The number of nitrogens with zero attached hydrogens (tertiary/aromatic N) is 2. The van der Waals surface area contributed by atoms with E-state index in [0.29, 0.717) is 10.3 Å². The number of thiazole rings is 1. The zero-order valence-corrected chi connectivity index (χ0v) is 22.1. The molecule has 1 aliphatic heterocycles. The Hall–Kier alpha value is -3.74. The van der Waals surface area contributed by atoms with Crippen LogP contribution in [0.15, 0.2) is 115 Å². The summed E-state index contributed by atoms with van der Waals surface area (Å²) in [7, 11) is 0. The largest absolute Gasteiger partial charge is 0.457 e. The van der Waals surface area contributed by atoms with Crippen LogP contribution in [-0.2, 0) is 6.42 Å². The fourth-order valence-electron chi connectivity index (χ4n) is 5.29. The average Bonchev–Trinajstić information content (AvgIpc) is 3.53. The third kappa shape index (κ3) is 3.88. The van der Waals surface area contributed by atoms with Gasteiger partial charge in [0.1, 0.15) is 11.5 Å². The molecule has 3 aromatic carbocycles. The van der Waals surface area contributed by atoms with Gasteiger partial charge >= 0.3 is 0 Å². The summed E-state index contributed by atoms with van der Waals surface area (Å²) in [5.74, 6) is 1.41. The molecule has 5 aromatic rings. The number of hydrogen-bond donors (Lipinski definition) is 0. The minimum Gasteiger partial charge on any atom is -0.457 e. The van der Waals surface area contributed by atoms with Crippen molar-refractivity contribution in [3.63, 3.8) is 0 Å². The van der Waals surface area contributed by atoms with Gasteiger partial charge in [-0.05, 0) is 53.8 Å². The number of fused-ring (bicyclic) bond motifs is 3. The van der Waals surface area contributed by atoms with Crippen molar-refractivity contribution in [2.24, 2.45) is 4.99 Å². The zero-order valence-electron chi connectivity index (χ0n) is 19.7. The highest BCUT2D eigenvalue weighted by Gasteiger charge is 2.32. The third-order valence-electron chi connectivity index (χ3n) is 7.02. The molecule has 7 rings (SSSR count). The van der Waals surface area contributed by atoms with Gasteiger partial charge in [0.25, 0.3) is 5.56 Å².